The van der Waals surface area contributed by atoms with Gasteiger partial charge in [0.25, 0.3) is 0 Å². The summed E-state index contributed by atoms with van der Waals surface area (Å²) in [5.74, 6) is 0. The predicted octanol–water partition coefficient (Wildman–Crippen LogP) is 4.73. The smallest absolute Gasteiger partial charge is 0.240 e. The maximum atomic E-state index is 12.5. The molecule has 0 aliphatic rings. The van der Waals surface area contributed by atoms with Gasteiger partial charge in [0.1, 0.15) is 0 Å². The first-order valence-corrected chi connectivity index (χ1v) is 9.95. The number of H-pyrrole nitrogens is 1. The molecule has 7 heteroatoms. The molecule has 0 saturated carbocycles. The molecule has 132 valence electrons. The van der Waals surface area contributed by atoms with Crippen molar-refractivity contribution in [3.63, 3.8) is 0 Å². The Kier molecular flexibility index (Phi) is 4.86. The highest BCUT2D eigenvalue weighted by atomic mass is 35.5. The van der Waals surface area contributed by atoms with Crippen LogP contribution in [0.15, 0.2) is 53.6 Å². The molecule has 0 aliphatic carbocycles. The quantitative estimate of drug-likeness (QED) is 0.654. The van der Waals surface area contributed by atoms with Gasteiger partial charge < -0.3 is 4.98 Å². The molecule has 0 fully saturated rings. The number of sulfonamides is 1. The Hall–Kier alpha value is -1.53. The van der Waals surface area contributed by atoms with Gasteiger partial charge in [-0.1, -0.05) is 37.0 Å². The monoisotopic (exact) mass is 396 g/mol. The van der Waals surface area contributed by atoms with Crippen LogP contribution in [0.3, 0.4) is 0 Å². The number of hydrogen-bond donors (Lipinski definition) is 2. The lowest BCUT2D eigenvalue weighted by molar-refractivity contribution is 0.505. The Bertz CT molecular complexity index is 1010. The van der Waals surface area contributed by atoms with Gasteiger partial charge in [0.05, 0.1) is 4.90 Å². The van der Waals surface area contributed by atoms with E-state index in [-0.39, 0.29) is 11.4 Å². The minimum Gasteiger partial charge on any atom is -0.361 e. The van der Waals surface area contributed by atoms with Crippen LogP contribution in [0.25, 0.3) is 10.9 Å². The highest BCUT2D eigenvalue weighted by molar-refractivity contribution is 7.89. The van der Waals surface area contributed by atoms with Gasteiger partial charge in [0, 0.05) is 39.1 Å². The van der Waals surface area contributed by atoms with Crippen LogP contribution in [0.5, 0.6) is 0 Å². The number of halogens is 2. The lowest BCUT2D eigenvalue weighted by Crippen LogP contribution is -2.36. The van der Waals surface area contributed by atoms with E-state index < -0.39 is 15.4 Å². The molecule has 2 aromatic carbocycles. The highest BCUT2D eigenvalue weighted by Crippen LogP contribution is 2.32. The fraction of sp³-hybridized carbons (Fsp3) is 0.222. The van der Waals surface area contributed by atoms with Crippen LogP contribution < -0.4 is 4.72 Å². The molecule has 0 amide bonds. The van der Waals surface area contributed by atoms with Crippen molar-refractivity contribution >= 4 is 44.1 Å². The number of fused-ring (bicyclic) bond motifs is 1. The second-order valence-corrected chi connectivity index (χ2v) is 9.19. The SMILES string of the molecule is CC(C)(CNS(=O)(=O)c1ccc(Cl)cc1)c1c[nH]c2ccc(Cl)cc12. The van der Waals surface area contributed by atoms with Gasteiger partial charge in [-0.25, -0.2) is 13.1 Å². The molecule has 0 saturated heterocycles. The summed E-state index contributed by atoms with van der Waals surface area (Å²) in [6.45, 7) is 4.22. The van der Waals surface area contributed by atoms with Gasteiger partial charge in [0.2, 0.25) is 10.0 Å². The summed E-state index contributed by atoms with van der Waals surface area (Å²) < 4.78 is 27.7. The van der Waals surface area contributed by atoms with E-state index in [2.05, 4.69) is 9.71 Å². The van der Waals surface area contributed by atoms with Crippen molar-refractivity contribution in [2.24, 2.45) is 0 Å². The minimum atomic E-state index is -3.61. The van der Waals surface area contributed by atoms with Crippen LogP contribution in [0.1, 0.15) is 19.4 Å². The van der Waals surface area contributed by atoms with E-state index in [1.54, 1.807) is 12.1 Å². The van der Waals surface area contributed by atoms with Crippen LogP contribution in [0.2, 0.25) is 10.0 Å². The minimum absolute atomic E-state index is 0.190. The molecule has 1 heterocycles. The molecule has 3 rings (SSSR count). The van der Waals surface area contributed by atoms with Gasteiger partial charge in [-0.3, -0.25) is 0 Å². The molecule has 4 nitrogen and oxygen atoms in total. The van der Waals surface area contributed by atoms with E-state index >= 15 is 0 Å². The normalized spacial score (nSPS) is 12.6. The van der Waals surface area contributed by atoms with Crippen LogP contribution in [-0.4, -0.2) is 19.9 Å². The molecule has 0 atom stereocenters. The standard InChI is InChI=1S/C18H18Cl2N2O2S/c1-18(2,16-10-21-17-8-5-13(20)9-15(16)17)11-22-25(23,24)14-6-3-12(19)4-7-14/h3-10,21-22H,11H2,1-2H3. The summed E-state index contributed by atoms with van der Waals surface area (Å²) in [7, 11) is -3.61. The number of benzene rings is 2. The Morgan fingerprint density at radius 1 is 1.04 bits per heavy atom. The lowest BCUT2D eigenvalue weighted by atomic mass is 9.85. The molecule has 0 unspecified atom stereocenters. The molecule has 1 aromatic heterocycles. The zero-order valence-electron chi connectivity index (χ0n) is 13.8. The van der Waals surface area contributed by atoms with Gasteiger partial charge in [-0.05, 0) is 48.0 Å². The Morgan fingerprint density at radius 3 is 2.36 bits per heavy atom. The van der Waals surface area contributed by atoms with E-state index in [1.165, 1.54) is 12.1 Å². The van der Waals surface area contributed by atoms with E-state index in [4.69, 9.17) is 23.2 Å². The van der Waals surface area contributed by atoms with E-state index in [9.17, 15) is 8.42 Å². The topological polar surface area (TPSA) is 62.0 Å². The van der Waals surface area contributed by atoms with Crippen molar-refractivity contribution in [1.29, 1.82) is 0 Å². The first-order chi connectivity index (χ1) is 11.7. The van der Waals surface area contributed by atoms with Gasteiger partial charge in [0.15, 0.2) is 0 Å². The van der Waals surface area contributed by atoms with Gasteiger partial charge >= 0.3 is 0 Å². The average Bonchev–Trinajstić information content (AvgIpc) is 2.97. The van der Waals surface area contributed by atoms with Crippen molar-refractivity contribution in [1.82, 2.24) is 9.71 Å². The third kappa shape index (κ3) is 3.85. The van der Waals surface area contributed by atoms with Crippen LogP contribution in [-0.2, 0) is 15.4 Å². The molecule has 0 aliphatic heterocycles. The molecule has 0 bridgehead atoms. The number of rotatable bonds is 5. The number of hydrogen-bond acceptors (Lipinski definition) is 2. The van der Waals surface area contributed by atoms with Crippen LogP contribution in [0, 0.1) is 0 Å². The number of aromatic nitrogens is 1. The first-order valence-electron chi connectivity index (χ1n) is 7.71. The van der Waals surface area contributed by atoms with Gasteiger partial charge in [-0.15, -0.1) is 0 Å². The van der Waals surface area contributed by atoms with Crippen molar-refractivity contribution in [2.45, 2.75) is 24.2 Å². The lowest BCUT2D eigenvalue weighted by Gasteiger charge is -2.25. The number of nitrogens with one attached hydrogen (secondary N) is 2. The van der Waals surface area contributed by atoms with Crippen LogP contribution in [0.4, 0.5) is 0 Å². The summed E-state index contributed by atoms with van der Waals surface area (Å²) in [6, 6.07) is 11.7. The van der Waals surface area contributed by atoms with Crippen molar-refractivity contribution in [3.05, 3.63) is 64.3 Å². The summed E-state index contributed by atoms with van der Waals surface area (Å²) in [5.41, 5.74) is 1.54. The average molecular weight is 397 g/mol. The fourth-order valence-corrected chi connectivity index (χ4v) is 4.23. The summed E-state index contributed by atoms with van der Waals surface area (Å²) in [4.78, 5) is 3.40. The highest BCUT2D eigenvalue weighted by Gasteiger charge is 2.27. The van der Waals surface area contributed by atoms with Gasteiger partial charge in [-0.2, -0.15) is 0 Å². The Balaban J connectivity index is 1.85. The van der Waals surface area contributed by atoms with Crippen molar-refractivity contribution < 1.29 is 8.42 Å². The third-order valence-electron chi connectivity index (χ3n) is 4.20. The second kappa shape index (κ2) is 6.65. The molecule has 3 aromatic rings. The largest absolute Gasteiger partial charge is 0.361 e. The zero-order valence-corrected chi connectivity index (χ0v) is 16.1. The van der Waals surface area contributed by atoms with E-state index in [1.807, 2.05) is 38.2 Å². The number of aromatic amines is 1. The van der Waals surface area contributed by atoms with E-state index in [0.717, 1.165) is 16.5 Å². The Morgan fingerprint density at radius 2 is 1.68 bits per heavy atom. The molecular weight excluding hydrogens is 379 g/mol. The third-order valence-corrected chi connectivity index (χ3v) is 6.11. The predicted molar refractivity (Wildman–Crippen MR) is 103 cm³/mol. The maximum absolute atomic E-state index is 12.5. The summed E-state index contributed by atoms with van der Waals surface area (Å²) in [5, 5.41) is 2.13. The molecule has 0 radical (unpaired) electrons. The first kappa shape index (κ1) is 18.3. The maximum Gasteiger partial charge on any atom is 0.240 e. The second-order valence-electron chi connectivity index (χ2n) is 6.55. The van der Waals surface area contributed by atoms with E-state index in [0.29, 0.717) is 10.0 Å². The molecule has 25 heavy (non-hydrogen) atoms. The van der Waals surface area contributed by atoms with Crippen molar-refractivity contribution in [3.8, 4) is 0 Å². The fourth-order valence-electron chi connectivity index (χ4n) is 2.72. The van der Waals surface area contributed by atoms with Crippen molar-refractivity contribution in [2.75, 3.05) is 6.54 Å². The zero-order chi connectivity index (χ0) is 18.2. The summed E-state index contributed by atoms with van der Waals surface area (Å²) >= 11 is 11.9. The summed E-state index contributed by atoms with van der Waals surface area (Å²) in [6.07, 6.45) is 1.90. The molecular formula is C18H18Cl2N2O2S. The molecule has 2 N–H and O–H groups in total. The van der Waals surface area contributed by atoms with Crippen LogP contribution >= 0.6 is 23.2 Å². The molecule has 0 spiro atoms. The Labute approximate surface area is 157 Å².